The Bertz CT molecular complexity index is 409. The van der Waals surface area contributed by atoms with Crippen LogP contribution >= 0.6 is 0 Å². The second-order valence-corrected chi connectivity index (χ2v) is 4.45. The largest absolute Gasteiger partial charge is 0.465 e. The van der Waals surface area contributed by atoms with E-state index in [1.165, 1.54) is 12.7 Å². The molecule has 0 amide bonds. The molecule has 18 heavy (non-hydrogen) atoms. The summed E-state index contributed by atoms with van der Waals surface area (Å²) in [5, 5.41) is 0. The Kier molecular flexibility index (Phi) is 5.59. The zero-order valence-electron chi connectivity index (χ0n) is 11.4. The molecule has 0 aliphatic rings. The molecule has 0 saturated heterocycles. The van der Waals surface area contributed by atoms with Gasteiger partial charge in [0, 0.05) is 13.1 Å². The Hall–Kier alpha value is -1.61. The van der Waals surface area contributed by atoms with Crippen molar-refractivity contribution in [3.05, 3.63) is 47.5 Å². The Balaban J connectivity index is 2.67. The van der Waals surface area contributed by atoms with E-state index in [0.717, 1.165) is 25.2 Å². The lowest BCUT2D eigenvalue weighted by Gasteiger charge is -2.20. The number of likely N-dealkylation sites (N-methyl/N-ethyl adjacent to an activating group) is 1. The molecular formula is C15H21NO2. The molecule has 0 radical (unpaired) electrons. The molecule has 98 valence electrons. The summed E-state index contributed by atoms with van der Waals surface area (Å²) in [6.45, 7) is 10.8. The van der Waals surface area contributed by atoms with Crippen molar-refractivity contribution in [1.82, 2.24) is 4.90 Å². The van der Waals surface area contributed by atoms with Crippen molar-refractivity contribution in [2.24, 2.45) is 0 Å². The highest BCUT2D eigenvalue weighted by atomic mass is 16.5. The van der Waals surface area contributed by atoms with Gasteiger partial charge in [-0.3, -0.25) is 4.90 Å². The van der Waals surface area contributed by atoms with Crippen molar-refractivity contribution < 1.29 is 9.53 Å². The topological polar surface area (TPSA) is 29.5 Å². The predicted octanol–water partition coefficient (Wildman–Crippen LogP) is 2.87. The van der Waals surface area contributed by atoms with Crippen LogP contribution in [0.15, 0.2) is 36.4 Å². The van der Waals surface area contributed by atoms with Gasteiger partial charge in [-0.25, -0.2) is 4.79 Å². The number of methoxy groups -OCH3 is 1. The fraction of sp³-hybridized carbons (Fsp3) is 0.400. The first kappa shape index (κ1) is 14.5. The fourth-order valence-electron chi connectivity index (χ4n) is 1.78. The Morgan fingerprint density at radius 1 is 1.33 bits per heavy atom. The summed E-state index contributed by atoms with van der Waals surface area (Å²) in [4.78, 5) is 13.6. The summed E-state index contributed by atoms with van der Waals surface area (Å²) in [7, 11) is 1.39. The third kappa shape index (κ3) is 4.34. The Labute approximate surface area is 109 Å². The van der Waals surface area contributed by atoms with Crippen LogP contribution in [-0.2, 0) is 11.3 Å². The van der Waals surface area contributed by atoms with Crippen molar-refractivity contribution in [3.8, 4) is 0 Å². The van der Waals surface area contributed by atoms with Crippen LogP contribution in [0.3, 0.4) is 0 Å². The molecule has 3 heteroatoms. The number of benzene rings is 1. The highest BCUT2D eigenvalue weighted by Crippen LogP contribution is 2.09. The van der Waals surface area contributed by atoms with Gasteiger partial charge in [-0.2, -0.15) is 0 Å². The van der Waals surface area contributed by atoms with Gasteiger partial charge in [0.25, 0.3) is 0 Å². The molecule has 0 saturated carbocycles. The lowest BCUT2D eigenvalue weighted by Crippen LogP contribution is -2.24. The zero-order chi connectivity index (χ0) is 13.5. The Morgan fingerprint density at radius 2 is 1.94 bits per heavy atom. The Morgan fingerprint density at radius 3 is 2.39 bits per heavy atom. The molecule has 1 aromatic rings. The SMILES string of the molecule is C=C(C)CN(CC)Cc1ccc(C(=O)OC)cc1. The molecule has 0 N–H and O–H groups in total. The van der Waals surface area contributed by atoms with Gasteiger partial charge in [0.1, 0.15) is 0 Å². The van der Waals surface area contributed by atoms with Gasteiger partial charge in [0.05, 0.1) is 12.7 Å². The maximum atomic E-state index is 11.3. The van der Waals surface area contributed by atoms with Crippen molar-refractivity contribution in [2.45, 2.75) is 20.4 Å². The van der Waals surface area contributed by atoms with Crippen LogP contribution in [0, 0.1) is 0 Å². The van der Waals surface area contributed by atoms with Crippen molar-refractivity contribution in [1.29, 1.82) is 0 Å². The summed E-state index contributed by atoms with van der Waals surface area (Å²) in [6, 6.07) is 7.53. The highest BCUT2D eigenvalue weighted by molar-refractivity contribution is 5.89. The third-order valence-corrected chi connectivity index (χ3v) is 2.72. The van der Waals surface area contributed by atoms with Crippen LogP contribution in [0.2, 0.25) is 0 Å². The molecule has 0 spiro atoms. The van der Waals surface area contributed by atoms with E-state index >= 15 is 0 Å². The van der Waals surface area contributed by atoms with Gasteiger partial charge >= 0.3 is 5.97 Å². The molecule has 0 heterocycles. The van der Waals surface area contributed by atoms with Gasteiger partial charge in [-0.15, -0.1) is 0 Å². The highest BCUT2D eigenvalue weighted by Gasteiger charge is 2.07. The molecule has 1 aromatic carbocycles. The third-order valence-electron chi connectivity index (χ3n) is 2.72. The first-order valence-electron chi connectivity index (χ1n) is 6.10. The summed E-state index contributed by atoms with van der Waals surface area (Å²) in [5.74, 6) is -0.296. The van der Waals surface area contributed by atoms with E-state index in [2.05, 4.69) is 23.1 Å². The smallest absolute Gasteiger partial charge is 0.337 e. The zero-order valence-corrected chi connectivity index (χ0v) is 11.4. The second kappa shape index (κ2) is 6.97. The molecule has 0 aromatic heterocycles. The molecule has 3 nitrogen and oxygen atoms in total. The van der Waals surface area contributed by atoms with Gasteiger partial charge in [0.2, 0.25) is 0 Å². The van der Waals surface area contributed by atoms with Gasteiger partial charge in [-0.05, 0) is 31.2 Å². The van der Waals surface area contributed by atoms with Crippen LogP contribution in [0.5, 0.6) is 0 Å². The van der Waals surface area contributed by atoms with Gasteiger partial charge in [0.15, 0.2) is 0 Å². The number of nitrogens with zero attached hydrogens (tertiary/aromatic N) is 1. The molecule has 0 aliphatic heterocycles. The van der Waals surface area contributed by atoms with Crippen LogP contribution in [0.1, 0.15) is 29.8 Å². The maximum Gasteiger partial charge on any atom is 0.337 e. The number of carbonyl (C=O) groups is 1. The van der Waals surface area contributed by atoms with E-state index in [9.17, 15) is 4.79 Å². The number of esters is 1. The minimum absolute atomic E-state index is 0.296. The average molecular weight is 247 g/mol. The first-order valence-corrected chi connectivity index (χ1v) is 6.10. The summed E-state index contributed by atoms with van der Waals surface area (Å²) in [5.41, 5.74) is 2.93. The standard InChI is InChI=1S/C15H21NO2/c1-5-16(10-12(2)3)11-13-6-8-14(9-7-13)15(17)18-4/h6-9H,2,5,10-11H2,1,3-4H3. The van der Waals surface area contributed by atoms with Crippen LogP contribution < -0.4 is 0 Å². The van der Waals surface area contributed by atoms with E-state index in [0.29, 0.717) is 5.56 Å². The summed E-state index contributed by atoms with van der Waals surface area (Å²) < 4.78 is 4.67. The average Bonchev–Trinajstić information content (AvgIpc) is 2.37. The lowest BCUT2D eigenvalue weighted by atomic mass is 10.1. The molecule has 0 bridgehead atoms. The lowest BCUT2D eigenvalue weighted by molar-refractivity contribution is 0.0600. The van der Waals surface area contributed by atoms with Crippen molar-refractivity contribution in [3.63, 3.8) is 0 Å². The molecular weight excluding hydrogens is 226 g/mol. The molecule has 0 fully saturated rings. The van der Waals surface area contributed by atoms with E-state index in [1.54, 1.807) is 12.1 Å². The number of rotatable bonds is 6. The summed E-state index contributed by atoms with van der Waals surface area (Å²) in [6.07, 6.45) is 0. The van der Waals surface area contributed by atoms with Crippen LogP contribution in [0.25, 0.3) is 0 Å². The first-order chi connectivity index (χ1) is 8.56. The van der Waals surface area contributed by atoms with E-state index in [-0.39, 0.29) is 5.97 Å². The summed E-state index contributed by atoms with van der Waals surface area (Å²) >= 11 is 0. The minimum atomic E-state index is -0.296. The van der Waals surface area contributed by atoms with Gasteiger partial charge in [-0.1, -0.05) is 31.2 Å². The fourth-order valence-corrected chi connectivity index (χ4v) is 1.78. The van der Waals surface area contributed by atoms with Crippen molar-refractivity contribution >= 4 is 5.97 Å². The molecule has 0 unspecified atom stereocenters. The minimum Gasteiger partial charge on any atom is -0.465 e. The van der Waals surface area contributed by atoms with E-state index < -0.39 is 0 Å². The predicted molar refractivity (Wildman–Crippen MR) is 73.5 cm³/mol. The van der Waals surface area contributed by atoms with Crippen LogP contribution in [0.4, 0.5) is 0 Å². The second-order valence-electron chi connectivity index (χ2n) is 4.45. The van der Waals surface area contributed by atoms with E-state index in [1.807, 2.05) is 19.1 Å². The normalized spacial score (nSPS) is 10.4. The number of ether oxygens (including phenoxy) is 1. The quantitative estimate of drug-likeness (QED) is 0.572. The molecule has 0 aliphatic carbocycles. The number of hydrogen-bond acceptors (Lipinski definition) is 3. The molecule has 0 atom stereocenters. The van der Waals surface area contributed by atoms with Crippen LogP contribution in [-0.4, -0.2) is 31.1 Å². The number of carbonyl (C=O) groups excluding carboxylic acids is 1. The van der Waals surface area contributed by atoms with E-state index in [4.69, 9.17) is 0 Å². The number of hydrogen-bond donors (Lipinski definition) is 0. The monoisotopic (exact) mass is 247 g/mol. The molecule has 1 rings (SSSR count). The van der Waals surface area contributed by atoms with Crippen molar-refractivity contribution in [2.75, 3.05) is 20.2 Å². The maximum absolute atomic E-state index is 11.3. The van der Waals surface area contributed by atoms with Gasteiger partial charge < -0.3 is 4.74 Å².